The van der Waals surface area contributed by atoms with Crippen molar-refractivity contribution < 1.29 is 43.5 Å². The number of carbonyl (C=O) groups is 2. The van der Waals surface area contributed by atoms with Crippen LogP contribution < -0.4 is 23.7 Å². The van der Waals surface area contributed by atoms with Gasteiger partial charge < -0.3 is 33.9 Å². The van der Waals surface area contributed by atoms with E-state index < -0.39 is 11.9 Å². The van der Waals surface area contributed by atoms with Gasteiger partial charge in [0.2, 0.25) is 0 Å². The lowest BCUT2D eigenvalue weighted by molar-refractivity contribution is 0.0684. The van der Waals surface area contributed by atoms with Crippen LogP contribution in [0.5, 0.6) is 28.7 Å². The molecule has 0 unspecified atom stereocenters. The van der Waals surface area contributed by atoms with Gasteiger partial charge in [-0.15, -0.1) is 0 Å². The van der Waals surface area contributed by atoms with E-state index in [1.165, 1.54) is 13.2 Å². The number of aryl methyl sites for hydroxylation is 1. The molecule has 6 aromatic carbocycles. The third-order valence-electron chi connectivity index (χ3n) is 9.40. The first-order chi connectivity index (χ1) is 29.7. The molecule has 0 bridgehead atoms. The Kier molecular flexibility index (Phi) is 13.3. The maximum absolute atomic E-state index is 11.2. The average Bonchev–Trinajstić information content (AvgIpc) is 3.29. The molecule has 0 aliphatic carbocycles. The van der Waals surface area contributed by atoms with Gasteiger partial charge in [-0.05, 0) is 96.4 Å². The van der Waals surface area contributed by atoms with Gasteiger partial charge in [-0.2, -0.15) is 0 Å². The number of aromatic carboxylic acids is 2. The molecule has 0 saturated carbocycles. The lowest BCUT2D eigenvalue weighted by Gasteiger charge is -2.12. The van der Waals surface area contributed by atoms with Crippen molar-refractivity contribution >= 4 is 33.7 Å². The average molecular weight is 815 g/mol. The van der Waals surface area contributed by atoms with Gasteiger partial charge in [-0.1, -0.05) is 72.8 Å². The van der Waals surface area contributed by atoms with E-state index in [1.807, 2.05) is 128 Å². The first-order valence-electron chi connectivity index (χ1n) is 19.3. The Labute approximate surface area is 352 Å². The summed E-state index contributed by atoms with van der Waals surface area (Å²) >= 11 is 0. The summed E-state index contributed by atoms with van der Waals surface area (Å²) in [4.78, 5) is 31.6. The Morgan fingerprint density at radius 1 is 0.492 bits per heavy atom. The van der Waals surface area contributed by atoms with Crippen LogP contribution in [0, 0.1) is 6.92 Å². The Balaban J connectivity index is 0.000000184. The number of rotatable bonds is 15. The van der Waals surface area contributed by atoms with Crippen LogP contribution in [0.2, 0.25) is 0 Å². The van der Waals surface area contributed by atoms with Crippen LogP contribution in [-0.4, -0.2) is 39.2 Å². The summed E-state index contributed by atoms with van der Waals surface area (Å²) in [6, 6.07) is 48.6. The van der Waals surface area contributed by atoms with Crippen molar-refractivity contribution in [3.8, 4) is 28.7 Å². The fraction of sp³-hybridized carbons (Fsp3) is 0.120. The normalized spacial score (nSPS) is 10.7. The highest BCUT2D eigenvalue weighted by Gasteiger charge is 2.12. The zero-order valence-corrected chi connectivity index (χ0v) is 33.5. The highest BCUT2D eigenvalue weighted by molar-refractivity contribution is 5.91. The minimum Gasteiger partial charge on any atom is -0.496 e. The summed E-state index contributed by atoms with van der Waals surface area (Å²) < 4.78 is 28.7. The Morgan fingerprint density at radius 2 is 1.02 bits per heavy atom. The van der Waals surface area contributed by atoms with E-state index in [1.54, 1.807) is 30.3 Å². The summed E-state index contributed by atoms with van der Waals surface area (Å²) in [5.74, 6) is 0.988. The van der Waals surface area contributed by atoms with Gasteiger partial charge in [0, 0.05) is 22.9 Å². The zero-order valence-electron chi connectivity index (χ0n) is 33.5. The number of ether oxygens (including phenoxy) is 5. The van der Waals surface area contributed by atoms with E-state index in [-0.39, 0.29) is 24.3 Å². The van der Waals surface area contributed by atoms with Crippen molar-refractivity contribution in [2.24, 2.45) is 0 Å². The fourth-order valence-corrected chi connectivity index (χ4v) is 6.36. The monoisotopic (exact) mass is 814 g/mol. The molecule has 11 heteroatoms. The van der Waals surface area contributed by atoms with Gasteiger partial charge in [-0.25, -0.2) is 19.6 Å². The summed E-state index contributed by atoms with van der Waals surface area (Å²) in [6.07, 6.45) is 0. The van der Waals surface area contributed by atoms with Gasteiger partial charge >= 0.3 is 11.9 Å². The van der Waals surface area contributed by atoms with Crippen molar-refractivity contribution in [2.45, 2.75) is 33.4 Å². The van der Waals surface area contributed by atoms with Crippen LogP contribution in [0.25, 0.3) is 21.8 Å². The van der Waals surface area contributed by atoms with E-state index in [9.17, 15) is 14.7 Å². The molecule has 11 nitrogen and oxygen atoms in total. The number of benzene rings is 6. The van der Waals surface area contributed by atoms with Crippen molar-refractivity contribution in [1.82, 2.24) is 9.97 Å². The van der Waals surface area contributed by atoms with E-state index in [2.05, 4.69) is 9.97 Å². The number of carboxylic acids is 2. The van der Waals surface area contributed by atoms with Gasteiger partial charge in [-0.3, -0.25) is 0 Å². The zero-order chi connectivity index (χ0) is 42.6. The third kappa shape index (κ3) is 11.4. The summed E-state index contributed by atoms with van der Waals surface area (Å²) in [5, 5.41) is 20.5. The van der Waals surface area contributed by atoms with E-state index in [0.29, 0.717) is 42.0 Å². The van der Waals surface area contributed by atoms with Crippen LogP contribution >= 0.6 is 0 Å². The van der Waals surface area contributed by atoms with E-state index in [4.69, 9.17) is 28.8 Å². The van der Waals surface area contributed by atoms with Crippen LogP contribution in [0.15, 0.2) is 158 Å². The van der Waals surface area contributed by atoms with Gasteiger partial charge in [0.1, 0.15) is 60.7 Å². The number of aromatic nitrogens is 2. The topological polar surface area (TPSA) is 147 Å². The highest BCUT2D eigenvalue weighted by atomic mass is 16.5. The van der Waals surface area contributed by atoms with Gasteiger partial charge in [0.05, 0.1) is 35.1 Å². The molecular formula is C50H42N2O9. The van der Waals surface area contributed by atoms with Crippen molar-refractivity contribution in [2.75, 3.05) is 7.11 Å². The summed E-state index contributed by atoms with van der Waals surface area (Å²) in [7, 11) is 1.44. The SMILES string of the molecule is COc1cc(COc2cccc(OCc3ccc4ccccc4n3)c2)ccc1C(=O)O.Cc1cc(OCc2cccc(C(=O)O)c2)cc(OCc2ccc3ccccc3n2)c1. The molecule has 2 N–H and O–H groups in total. The van der Waals surface area contributed by atoms with Gasteiger partial charge in [0.15, 0.2) is 0 Å². The van der Waals surface area contributed by atoms with Gasteiger partial charge in [0.25, 0.3) is 0 Å². The molecule has 0 saturated heterocycles. The Bertz CT molecular complexity index is 2810. The minimum absolute atomic E-state index is 0.115. The van der Waals surface area contributed by atoms with E-state index >= 15 is 0 Å². The number of nitrogens with zero attached hydrogens (tertiary/aromatic N) is 2. The molecule has 8 aromatic rings. The molecular weight excluding hydrogens is 773 g/mol. The van der Waals surface area contributed by atoms with Crippen LogP contribution in [0.4, 0.5) is 0 Å². The molecule has 2 aromatic heterocycles. The summed E-state index contributed by atoms with van der Waals surface area (Å²) in [6.45, 7) is 3.22. The maximum atomic E-state index is 11.2. The molecule has 0 amide bonds. The van der Waals surface area contributed by atoms with Crippen LogP contribution in [0.1, 0.15) is 48.8 Å². The highest BCUT2D eigenvalue weighted by Crippen LogP contribution is 2.26. The molecule has 0 fully saturated rings. The number of pyridine rings is 2. The number of para-hydroxylation sites is 2. The first-order valence-corrected chi connectivity index (χ1v) is 19.3. The number of methoxy groups -OCH3 is 1. The second-order valence-electron chi connectivity index (χ2n) is 13.9. The number of fused-ring (bicyclic) bond motifs is 2. The molecule has 306 valence electrons. The number of hydrogen-bond acceptors (Lipinski definition) is 9. The fourth-order valence-electron chi connectivity index (χ4n) is 6.36. The van der Waals surface area contributed by atoms with Crippen molar-refractivity contribution in [1.29, 1.82) is 0 Å². The Hall–Kier alpha value is -7.92. The smallest absolute Gasteiger partial charge is 0.339 e. The molecule has 8 rings (SSSR count). The molecule has 0 aliphatic rings. The lowest BCUT2D eigenvalue weighted by Crippen LogP contribution is -2.03. The minimum atomic E-state index is -1.03. The van der Waals surface area contributed by atoms with Crippen LogP contribution in [-0.2, 0) is 26.4 Å². The molecule has 2 heterocycles. The van der Waals surface area contributed by atoms with Crippen molar-refractivity contribution in [3.63, 3.8) is 0 Å². The largest absolute Gasteiger partial charge is 0.496 e. The number of hydrogen-bond donors (Lipinski definition) is 2. The molecule has 0 aliphatic heterocycles. The third-order valence-corrected chi connectivity index (χ3v) is 9.40. The van der Waals surface area contributed by atoms with E-state index in [0.717, 1.165) is 49.9 Å². The molecule has 0 spiro atoms. The number of carboxylic acid groups (broad SMARTS) is 2. The van der Waals surface area contributed by atoms with Crippen LogP contribution in [0.3, 0.4) is 0 Å². The molecule has 0 atom stereocenters. The molecule has 0 radical (unpaired) electrons. The lowest BCUT2D eigenvalue weighted by atomic mass is 10.1. The van der Waals surface area contributed by atoms with Crippen molar-refractivity contribution in [3.05, 3.63) is 197 Å². The predicted molar refractivity (Wildman–Crippen MR) is 232 cm³/mol. The second-order valence-corrected chi connectivity index (χ2v) is 13.9. The standard InChI is InChI=1S/C25H21NO5.C25H21NO4/c1-29-24-13-17(9-12-22(24)25(27)28)15-30-20-6-4-7-21(14-20)31-16-19-11-10-18-5-2-3-8-23(18)26-19;1-17-11-22(29-15-18-5-4-7-20(13-18)25(27)28)14-23(12-17)30-16-21-10-9-19-6-2-3-8-24(19)26-21/h2-14H,15-16H2,1H3,(H,27,28);2-14H,15-16H2,1H3,(H,27,28). The Morgan fingerprint density at radius 3 is 1.61 bits per heavy atom. The molecule has 61 heavy (non-hydrogen) atoms. The maximum Gasteiger partial charge on any atom is 0.339 e. The predicted octanol–water partition coefficient (Wildman–Crippen LogP) is 10.5. The quantitative estimate of drug-likeness (QED) is 0.102. The first kappa shape index (κ1) is 41.2. The second kappa shape index (κ2) is 19.7. The summed E-state index contributed by atoms with van der Waals surface area (Å²) in [5.41, 5.74) is 6.52.